The molecule has 4 unspecified atom stereocenters. The van der Waals surface area contributed by atoms with Crippen LogP contribution in [0.25, 0.3) is 0 Å². The molecule has 1 aliphatic heterocycles. The van der Waals surface area contributed by atoms with Crippen LogP contribution >= 0.6 is 0 Å². The smallest absolute Gasteiger partial charge is 0.326 e. The highest BCUT2D eigenvalue weighted by Gasteiger charge is 2.38. The molecule has 2 heterocycles. The highest BCUT2D eigenvalue weighted by molar-refractivity contribution is 5.94. The molecule has 0 saturated carbocycles. The topological polar surface area (TPSA) is 255 Å². The Morgan fingerprint density at radius 3 is 2.54 bits per heavy atom. The van der Waals surface area contributed by atoms with Gasteiger partial charge in [-0.15, -0.1) is 0 Å². The van der Waals surface area contributed by atoms with Crippen molar-refractivity contribution in [1.29, 1.82) is 0 Å². The minimum absolute atomic E-state index is 0.00605. The van der Waals surface area contributed by atoms with Gasteiger partial charge in [0.25, 0.3) is 0 Å². The third-order valence-electron chi connectivity index (χ3n) is 5.53. The van der Waals surface area contributed by atoms with Gasteiger partial charge in [0.05, 0.1) is 12.9 Å². The summed E-state index contributed by atoms with van der Waals surface area (Å²) >= 11 is 0. The predicted octanol–water partition coefficient (Wildman–Crippen LogP) is -3.63. The first-order valence-corrected chi connectivity index (χ1v) is 11.2. The van der Waals surface area contributed by atoms with Crippen molar-refractivity contribution in [2.45, 2.75) is 56.3 Å². The summed E-state index contributed by atoms with van der Waals surface area (Å²) in [6.07, 6.45) is 4.17. The van der Waals surface area contributed by atoms with E-state index in [4.69, 9.17) is 22.3 Å². The number of aliphatic hydroxyl groups is 1. The summed E-state index contributed by atoms with van der Waals surface area (Å²) in [4.78, 5) is 62.1. The zero-order chi connectivity index (χ0) is 26.0. The number of carbonyl (C=O) groups is 4. The summed E-state index contributed by atoms with van der Waals surface area (Å²) in [5.41, 5.74) is 16.7. The Morgan fingerprint density at radius 1 is 1.23 bits per heavy atom. The average Bonchev–Trinajstić information content (AvgIpc) is 3.51. The van der Waals surface area contributed by atoms with Crippen LogP contribution in [0.5, 0.6) is 0 Å². The van der Waals surface area contributed by atoms with Gasteiger partial charge in [-0.3, -0.25) is 19.4 Å². The van der Waals surface area contributed by atoms with E-state index in [1.807, 2.05) is 0 Å². The summed E-state index contributed by atoms with van der Waals surface area (Å²) in [5, 5.41) is 23.7. The second-order valence-electron chi connectivity index (χ2n) is 8.17. The molecule has 1 aromatic heterocycles. The number of H-pyrrole nitrogens is 1. The number of hydrogen-bond donors (Lipinski definition) is 8. The molecule has 0 aliphatic carbocycles. The normalized spacial score (nSPS) is 17.8. The van der Waals surface area contributed by atoms with Gasteiger partial charge in [-0.05, 0) is 25.7 Å². The fourth-order valence-corrected chi connectivity index (χ4v) is 3.71. The van der Waals surface area contributed by atoms with Gasteiger partial charge in [0.15, 0.2) is 5.96 Å². The first-order chi connectivity index (χ1) is 16.6. The van der Waals surface area contributed by atoms with Crippen molar-refractivity contribution in [3.63, 3.8) is 0 Å². The Morgan fingerprint density at radius 2 is 1.94 bits per heavy atom. The third-order valence-corrected chi connectivity index (χ3v) is 5.53. The zero-order valence-corrected chi connectivity index (χ0v) is 19.2. The van der Waals surface area contributed by atoms with Crippen molar-refractivity contribution in [2.24, 2.45) is 22.2 Å². The minimum atomic E-state index is -1.25. The first-order valence-electron chi connectivity index (χ1n) is 11.2. The second-order valence-corrected chi connectivity index (χ2v) is 8.17. The number of aromatic nitrogens is 2. The van der Waals surface area contributed by atoms with Gasteiger partial charge in [0, 0.05) is 31.4 Å². The maximum Gasteiger partial charge on any atom is 0.326 e. The molecular weight excluding hydrogens is 462 g/mol. The fourth-order valence-electron chi connectivity index (χ4n) is 3.71. The molecule has 1 aromatic rings. The summed E-state index contributed by atoms with van der Waals surface area (Å²) < 4.78 is 0. The number of nitrogens with one attached hydrogen (secondary N) is 3. The second kappa shape index (κ2) is 13.2. The number of imidazole rings is 1. The van der Waals surface area contributed by atoms with Crippen LogP contribution in [0.15, 0.2) is 17.5 Å². The van der Waals surface area contributed by atoms with Crippen molar-refractivity contribution < 1.29 is 29.4 Å². The van der Waals surface area contributed by atoms with Crippen LogP contribution in [0.3, 0.4) is 0 Å². The van der Waals surface area contributed by atoms with Crippen molar-refractivity contribution in [2.75, 3.05) is 19.7 Å². The number of nitrogens with two attached hydrogens (primary N) is 3. The number of guanidine groups is 1. The number of carboxylic acids is 1. The number of carbonyl (C=O) groups excluding carboxylic acids is 3. The maximum absolute atomic E-state index is 13.2. The lowest BCUT2D eigenvalue weighted by atomic mass is 10.1. The molecule has 4 atom stereocenters. The van der Waals surface area contributed by atoms with Crippen LogP contribution in [0.2, 0.25) is 0 Å². The molecule has 2 rings (SSSR count). The number of aliphatic hydroxyl groups excluding tert-OH is 1. The van der Waals surface area contributed by atoms with Gasteiger partial charge in [-0.2, -0.15) is 0 Å². The van der Waals surface area contributed by atoms with Gasteiger partial charge in [0.1, 0.15) is 24.2 Å². The highest BCUT2D eigenvalue weighted by atomic mass is 16.4. The van der Waals surface area contributed by atoms with Gasteiger partial charge in [-0.1, -0.05) is 0 Å². The molecule has 0 bridgehead atoms. The van der Waals surface area contributed by atoms with Crippen molar-refractivity contribution in [1.82, 2.24) is 25.5 Å². The van der Waals surface area contributed by atoms with E-state index in [1.165, 1.54) is 17.4 Å². The van der Waals surface area contributed by atoms with Crippen LogP contribution in [0.4, 0.5) is 0 Å². The van der Waals surface area contributed by atoms with Crippen LogP contribution in [-0.4, -0.2) is 98.6 Å². The number of aromatic amines is 1. The van der Waals surface area contributed by atoms with E-state index < -0.39 is 54.5 Å². The lowest BCUT2D eigenvalue weighted by Crippen LogP contribution is -2.58. The molecule has 1 saturated heterocycles. The molecule has 11 N–H and O–H groups in total. The number of likely N-dealkylation sites (tertiary alicyclic amines) is 1. The minimum Gasteiger partial charge on any atom is -0.480 e. The van der Waals surface area contributed by atoms with Gasteiger partial charge in [-0.25, -0.2) is 9.78 Å². The van der Waals surface area contributed by atoms with Crippen LogP contribution < -0.4 is 27.8 Å². The summed E-state index contributed by atoms with van der Waals surface area (Å²) in [6.45, 7) is -0.179. The molecule has 35 heavy (non-hydrogen) atoms. The molecule has 0 spiro atoms. The van der Waals surface area contributed by atoms with E-state index in [0.29, 0.717) is 25.0 Å². The molecule has 15 heteroatoms. The molecule has 0 radical (unpaired) electrons. The molecular formula is C20H33N9O6. The average molecular weight is 496 g/mol. The van der Waals surface area contributed by atoms with Crippen LogP contribution in [0.1, 0.15) is 31.4 Å². The number of nitrogens with zero attached hydrogens (tertiary/aromatic N) is 3. The van der Waals surface area contributed by atoms with Crippen LogP contribution in [-0.2, 0) is 25.6 Å². The van der Waals surface area contributed by atoms with E-state index in [2.05, 4.69) is 25.6 Å². The van der Waals surface area contributed by atoms with Gasteiger partial charge >= 0.3 is 5.97 Å². The molecule has 3 amide bonds. The zero-order valence-electron chi connectivity index (χ0n) is 19.2. The lowest BCUT2D eigenvalue weighted by Gasteiger charge is -2.29. The van der Waals surface area contributed by atoms with Crippen molar-refractivity contribution in [3.05, 3.63) is 18.2 Å². The number of carboxylic acid groups (broad SMARTS) is 1. The summed E-state index contributed by atoms with van der Waals surface area (Å²) in [7, 11) is 0. The number of aliphatic carboxylic acids is 1. The van der Waals surface area contributed by atoms with E-state index in [0.717, 1.165) is 0 Å². The summed E-state index contributed by atoms with van der Waals surface area (Å²) in [5.74, 6) is -3.24. The Balaban J connectivity index is 2.21. The number of rotatable bonds is 13. The monoisotopic (exact) mass is 495 g/mol. The standard InChI is InChI=1S/C20H33N9O6/c21-12(9-30)16(31)28-14(7-11-8-24-10-26-11)17(32)27-13(3-1-5-25-20(22)23)18(33)29-6-2-4-15(29)19(34)35/h8,10,12-15,30H,1-7,9,21H2,(H,24,26)(H,27,32)(H,28,31)(H,34,35)(H4,22,23,25). The van der Waals surface area contributed by atoms with Crippen LogP contribution in [0, 0.1) is 0 Å². The Labute approximate surface area is 201 Å². The van der Waals surface area contributed by atoms with Crippen molar-refractivity contribution in [3.8, 4) is 0 Å². The number of hydrogen-bond acceptors (Lipinski definition) is 8. The lowest BCUT2D eigenvalue weighted by molar-refractivity contribution is -0.149. The van der Waals surface area contributed by atoms with Gasteiger partial charge < -0.3 is 47.9 Å². The predicted molar refractivity (Wildman–Crippen MR) is 123 cm³/mol. The maximum atomic E-state index is 13.2. The quantitative estimate of drug-likeness (QED) is 0.0756. The Bertz CT molecular complexity index is 903. The van der Waals surface area contributed by atoms with E-state index in [1.54, 1.807) is 0 Å². The molecule has 1 fully saturated rings. The van der Waals surface area contributed by atoms with E-state index in [-0.39, 0.29) is 31.9 Å². The Kier molecular flexibility index (Phi) is 10.4. The van der Waals surface area contributed by atoms with E-state index in [9.17, 15) is 24.3 Å². The SMILES string of the molecule is NC(N)=NCCCC(NC(=O)C(Cc1cnc[nH]1)NC(=O)C(N)CO)C(=O)N1CCCC1C(=O)O. The van der Waals surface area contributed by atoms with E-state index >= 15 is 0 Å². The molecule has 0 aromatic carbocycles. The number of amides is 3. The van der Waals surface area contributed by atoms with Gasteiger partial charge in [0.2, 0.25) is 17.7 Å². The molecule has 1 aliphatic rings. The largest absolute Gasteiger partial charge is 0.480 e. The Hall–Kier alpha value is -3.72. The summed E-state index contributed by atoms with van der Waals surface area (Å²) in [6, 6.07) is -4.46. The highest BCUT2D eigenvalue weighted by Crippen LogP contribution is 2.20. The number of aliphatic imine (C=N–C) groups is 1. The molecule has 194 valence electrons. The van der Waals surface area contributed by atoms with Crippen molar-refractivity contribution >= 4 is 29.7 Å². The first kappa shape index (κ1) is 27.5. The molecule has 15 nitrogen and oxygen atoms in total. The third kappa shape index (κ3) is 8.22. The fraction of sp³-hybridized carbons (Fsp3) is 0.600.